The van der Waals surface area contributed by atoms with E-state index in [-0.39, 0.29) is 5.43 Å². The van der Waals surface area contributed by atoms with Crippen molar-refractivity contribution in [2.75, 3.05) is 11.9 Å². The molecule has 0 bridgehead atoms. The summed E-state index contributed by atoms with van der Waals surface area (Å²) in [5, 5.41) is 0.957. The van der Waals surface area contributed by atoms with E-state index in [0.29, 0.717) is 18.1 Å². The van der Waals surface area contributed by atoms with E-state index >= 15 is 0 Å². The second-order valence-corrected chi connectivity index (χ2v) is 3.71. The second kappa shape index (κ2) is 5.86. The molecule has 1 aromatic heterocycles. The molecule has 0 aliphatic heterocycles. The van der Waals surface area contributed by atoms with Crippen LogP contribution in [0.15, 0.2) is 21.5 Å². The molecule has 3 nitrogen and oxygen atoms in total. The highest BCUT2D eigenvalue weighted by atomic mass is 79.9. The minimum atomic E-state index is -0.118. The van der Waals surface area contributed by atoms with Gasteiger partial charge in [-0.3, -0.25) is 4.79 Å². The molecule has 0 saturated carbocycles. The molecule has 1 heterocycles. The largest absolute Gasteiger partial charge is 0.487 e. The summed E-state index contributed by atoms with van der Waals surface area (Å²) in [6, 6.07) is 1.37. The second-order valence-electron chi connectivity index (χ2n) is 2.91. The van der Waals surface area contributed by atoms with Gasteiger partial charge in [0.15, 0.2) is 0 Å². The molecule has 14 heavy (non-hydrogen) atoms. The summed E-state index contributed by atoms with van der Waals surface area (Å²) in [4.78, 5) is 11.3. The Morgan fingerprint density at radius 1 is 1.50 bits per heavy atom. The summed E-state index contributed by atoms with van der Waals surface area (Å²) >= 11 is 3.33. The smallest absolute Gasteiger partial charge is 0.226 e. The minimum absolute atomic E-state index is 0.118. The van der Waals surface area contributed by atoms with Gasteiger partial charge in [0.1, 0.15) is 5.76 Å². The number of hydrogen-bond donors (Lipinski definition) is 0. The van der Waals surface area contributed by atoms with Crippen LogP contribution in [-0.4, -0.2) is 11.9 Å². The van der Waals surface area contributed by atoms with Crippen LogP contribution < -0.4 is 10.2 Å². The summed E-state index contributed by atoms with van der Waals surface area (Å²) in [7, 11) is 0. The molecule has 0 amide bonds. The molecule has 0 N–H and O–H groups in total. The molecule has 0 fully saturated rings. The zero-order valence-corrected chi connectivity index (χ0v) is 9.67. The van der Waals surface area contributed by atoms with Crippen LogP contribution in [0.1, 0.15) is 18.6 Å². The molecule has 4 heteroatoms. The highest BCUT2D eigenvalue weighted by Gasteiger charge is 2.05. The van der Waals surface area contributed by atoms with Gasteiger partial charge in [0.05, 0.1) is 12.9 Å². The first-order valence-corrected chi connectivity index (χ1v) is 5.65. The van der Waals surface area contributed by atoms with Gasteiger partial charge in [-0.05, 0) is 19.8 Å². The van der Waals surface area contributed by atoms with E-state index in [2.05, 4.69) is 15.9 Å². The molecule has 0 radical (unpaired) electrons. The van der Waals surface area contributed by atoms with E-state index in [1.165, 1.54) is 12.3 Å². The molecular weight excluding hydrogens is 248 g/mol. The van der Waals surface area contributed by atoms with Gasteiger partial charge in [0.25, 0.3) is 0 Å². The Labute approximate surface area is 91.2 Å². The number of ether oxygens (including phenoxy) is 1. The van der Waals surface area contributed by atoms with Crippen LogP contribution in [0, 0.1) is 6.92 Å². The molecule has 0 unspecified atom stereocenters. The lowest BCUT2D eigenvalue weighted by atomic mass is 10.3. The number of unbranched alkanes of at least 4 members (excludes halogenated alkanes) is 1. The van der Waals surface area contributed by atoms with Crippen molar-refractivity contribution in [3.63, 3.8) is 0 Å². The Balaban J connectivity index is 2.54. The molecule has 0 atom stereocenters. The van der Waals surface area contributed by atoms with Gasteiger partial charge in [0.2, 0.25) is 11.2 Å². The first kappa shape index (κ1) is 11.3. The quantitative estimate of drug-likeness (QED) is 0.604. The monoisotopic (exact) mass is 260 g/mol. The predicted molar refractivity (Wildman–Crippen MR) is 58.2 cm³/mol. The lowest BCUT2D eigenvalue weighted by Gasteiger charge is -2.05. The van der Waals surface area contributed by atoms with Gasteiger partial charge in [-0.1, -0.05) is 15.9 Å². The van der Waals surface area contributed by atoms with Crippen molar-refractivity contribution in [2.24, 2.45) is 0 Å². The lowest BCUT2D eigenvalue weighted by molar-refractivity contribution is 0.291. The maximum Gasteiger partial charge on any atom is 0.226 e. The Bertz CT molecular complexity index is 332. The third kappa shape index (κ3) is 3.18. The van der Waals surface area contributed by atoms with Crippen molar-refractivity contribution < 1.29 is 9.15 Å². The molecular formula is C10H13BrO3. The zero-order chi connectivity index (χ0) is 10.4. The average Bonchev–Trinajstić information content (AvgIpc) is 2.16. The zero-order valence-electron chi connectivity index (χ0n) is 8.09. The van der Waals surface area contributed by atoms with Gasteiger partial charge in [-0.25, -0.2) is 0 Å². The Hall–Kier alpha value is -0.770. The predicted octanol–water partition coefficient (Wildman–Crippen LogP) is 2.50. The minimum Gasteiger partial charge on any atom is -0.487 e. The summed E-state index contributed by atoms with van der Waals surface area (Å²) in [6.07, 6.45) is 3.35. The molecule has 0 saturated heterocycles. The molecule has 0 aliphatic rings. The fourth-order valence-electron chi connectivity index (χ4n) is 1.04. The number of halogens is 1. The van der Waals surface area contributed by atoms with Gasteiger partial charge in [-0.2, -0.15) is 0 Å². The third-order valence-electron chi connectivity index (χ3n) is 1.78. The van der Waals surface area contributed by atoms with Gasteiger partial charge < -0.3 is 9.15 Å². The maximum atomic E-state index is 11.3. The van der Waals surface area contributed by atoms with Crippen molar-refractivity contribution >= 4 is 15.9 Å². The van der Waals surface area contributed by atoms with Crippen molar-refractivity contribution in [1.29, 1.82) is 0 Å². The first-order valence-electron chi connectivity index (χ1n) is 4.53. The van der Waals surface area contributed by atoms with E-state index < -0.39 is 0 Å². The van der Waals surface area contributed by atoms with E-state index in [1.54, 1.807) is 6.92 Å². The highest BCUT2D eigenvalue weighted by molar-refractivity contribution is 9.09. The van der Waals surface area contributed by atoms with E-state index in [4.69, 9.17) is 9.15 Å². The van der Waals surface area contributed by atoms with Gasteiger partial charge in [-0.15, -0.1) is 0 Å². The third-order valence-corrected chi connectivity index (χ3v) is 2.34. The van der Waals surface area contributed by atoms with Crippen molar-refractivity contribution in [1.82, 2.24) is 0 Å². The molecule has 0 spiro atoms. The topological polar surface area (TPSA) is 39.4 Å². The van der Waals surface area contributed by atoms with Crippen LogP contribution in [0.25, 0.3) is 0 Å². The Morgan fingerprint density at radius 3 is 2.93 bits per heavy atom. The molecule has 1 rings (SSSR count). The summed E-state index contributed by atoms with van der Waals surface area (Å²) in [6.45, 7) is 2.28. The number of hydrogen-bond acceptors (Lipinski definition) is 3. The van der Waals surface area contributed by atoms with Crippen LogP contribution in [0.4, 0.5) is 0 Å². The Kier molecular flexibility index (Phi) is 4.73. The average molecular weight is 261 g/mol. The highest BCUT2D eigenvalue weighted by Crippen LogP contribution is 2.11. The fraction of sp³-hybridized carbons (Fsp3) is 0.500. The van der Waals surface area contributed by atoms with Crippen LogP contribution in [0.2, 0.25) is 0 Å². The number of alkyl halides is 1. The van der Waals surface area contributed by atoms with Crippen LogP contribution in [0.5, 0.6) is 5.75 Å². The lowest BCUT2D eigenvalue weighted by Crippen LogP contribution is -2.09. The SMILES string of the molecule is Cc1occc(=O)c1OCCCCBr. The summed E-state index contributed by atoms with van der Waals surface area (Å²) in [5.74, 6) is 0.874. The number of aryl methyl sites for hydroxylation is 1. The summed E-state index contributed by atoms with van der Waals surface area (Å²) in [5.41, 5.74) is -0.118. The van der Waals surface area contributed by atoms with E-state index in [0.717, 1.165) is 18.2 Å². The Morgan fingerprint density at radius 2 is 2.29 bits per heavy atom. The van der Waals surface area contributed by atoms with Crippen LogP contribution in [-0.2, 0) is 0 Å². The van der Waals surface area contributed by atoms with Crippen LogP contribution >= 0.6 is 15.9 Å². The first-order chi connectivity index (χ1) is 6.75. The summed E-state index contributed by atoms with van der Waals surface area (Å²) < 4.78 is 10.4. The molecule has 1 aromatic rings. The van der Waals surface area contributed by atoms with Crippen LogP contribution in [0.3, 0.4) is 0 Å². The molecule has 0 aliphatic carbocycles. The standard InChI is InChI=1S/C10H13BrO3/c1-8-10(9(12)4-7-13-8)14-6-3-2-5-11/h4,7H,2-3,5-6H2,1H3. The van der Waals surface area contributed by atoms with Gasteiger partial charge >= 0.3 is 0 Å². The van der Waals surface area contributed by atoms with Gasteiger partial charge in [0, 0.05) is 11.4 Å². The maximum absolute atomic E-state index is 11.3. The van der Waals surface area contributed by atoms with E-state index in [1.807, 2.05) is 0 Å². The van der Waals surface area contributed by atoms with Crippen molar-refractivity contribution in [3.8, 4) is 5.75 Å². The van der Waals surface area contributed by atoms with E-state index in [9.17, 15) is 4.79 Å². The normalized spacial score (nSPS) is 10.1. The molecule has 78 valence electrons. The fourth-order valence-corrected chi connectivity index (χ4v) is 1.44. The number of rotatable bonds is 5. The van der Waals surface area contributed by atoms with Crippen molar-refractivity contribution in [3.05, 3.63) is 28.3 Å². The van der Waals surface area contributed by atoms with Crippen molar-refractivity contribution in [2.45, 2.75) is 19.8 Å². The molecule has 0 aromatic carbocycles.